The highest BCUT2D eigenvalue weighted by Crippen LogP contribution is 1.97. The molecule has 0 saturated carbocycles. The van der Waals surface area contributed by atoms with Crippen LogP contribution in [0.3, 0.4) is 0 Å². The third-order valence-electron chi connectivity index (χ3n) is 1.88. The molecule has 0 heterocycles. The Morgan fingerprint density at radius 1 is 1.18 bits per heavy atom. The molecule has 0 aliphatic heterocycles. The predicted octanol–water partition coefficient (Wildman–Crippen LogP) is 1.92. The van der Waals surface area contributed by atoms with Crippen LogP contribution in [0, 0.1) is 0 Å². The predicted molar refractivity (Wildman–Crippen MR) is 67.2 cm³/mol. The van der Waals surface area contributed by atoms with E-state index in [-0.39, 0.29) is 0 Å². The third-order valence-corrected chi connectivity index (χ3v) is 1.88. The summed E-state index contributed by atoms with van der Waals surface area (Å²) in [7, 11) is -4.67. The van der Waals surface area contributed by atoms with Gasteiger partial charge in [-0.25, -0.2) is 0 Å². The summed E-state index contributed by atoms with van der Waals surface area (Å²) in [5.41, 5.74) is 1.37. The molecule has 1 rings (SSSR count). The summed E-state index contributed by atoms with van der Waals surface area (Å²) in [5.74, 6) is 0. The van der Waals surface area contributed by atoms with Crippen molar-refractivity contribution in [3.8, 4) is 0 Å². The van der Waals surface area contributed by atoms with E-state index in [9.17, 15) is 0 Å². The minimum atomic E-state index is -4.67. The molecule has 1 aromatic carbocycles. The van der Waals surface area contributed by atoms with Crippen molar-refractivity contribution in [3.63, 3.8) is 0 Å². The van der Waals surface area contributed by atoms with E-state index in [1.54, 1.807) is 0 Å². The molecule has 0 unspecified atom stereocenters. The zero-order valence-corrected chi connectivity index (χ0v) is 10.7. The van der Waals surface area contributed by atoms with Gasteiger partial charge in [0.1, 0.15) is 0 Å². The number of nitrogens with one attached hydrogen (secondary N) is 1. The van der Waals surface area contributed by atoms with Gasteiger partial charge in [-0.3, -0.25) is 9.11 Å². The van der Waals surface area contributed by atoms with Crippen LogP contribution in [-0.2, 0) is 16.9 Å². The van der Waals surface area contributed by atoms with Crippen LogP contribution in [0.5, 0.6) is 0 Å². The van der Waals surface area contributed by atoms with Crippen molar-refractivity contribution < 1.29 is 17.5 Å². The normalized spacial score (nSPS) is 10.5. The SMILES string of the molecule is CCCCNCc1ccccc1.O=S(=O)(O)O. The molecule has 0 aromatic heterocycles. The lowest BCUT2D eigenvalue weighted by Gasteiger charge is -2.02. The minimum absolute atomic E-state index is 1.00. The minimum Gasteiger partial charge on any atom is -0.313 e. The van der Waals surface area contributed by atoms with E-state index < -0.39 is 10.4 Å². The number of hydrogen-bond acceptors (Lipinski definition) is 3. The van der Waals surface area contributed by atoms with Crippen LogP contribution in [-0.4, -0.2) is 24.1 Å². The number of hydrogen-bond donors (Lipinski definition) is 3. The molecule has 98 valence electrons. The van der Waals surface area contributed by atoms with Gasteiger partial charge in [0.25, 0.3) is 0 Å². The van der Waals surface area contributed by atoms with E-state index in [4.69, 9.17) is 17.5 Å². The summed E-state index contributed by atoms with van der Waals surface area (Å²) in [6.07, 6.45) is 2.54. The Kier molecular flexibility index (Phi) is 8.61. The fourth-order valence-corrected chi connectivity index (χ4v) is 1.13. The Hall–Kier alpha value is -0.950. The average molecular weight is 261 g/mol. The Bertz CT molecular complexity index is 370. The second-order valence-electron chi connectivity index (χ2n) is 3.46. The van der Waals surface area contributed by atoms with E-state index >= 15 is 0 Å². The summed E-state index contributed by atoms with van der Waals surface area (Å²) in [4.78, 5) is 0. The van der Waals surface area contributed by atoms with Crippen molar-refractivity contribution in [2.24, 2.45) is 0 Å². The zero-order chi connectivity index (χ0) is 13.1. The van der Waals surface area contributed by atoms with Gasteiger partial charge in [0.15, 0.2) is 0 Å². The molecule has 0 aliphatic carbocycles. The molecule has 0 amide bonds. The van der Waals surface area contributed by atoms with Gasteiger partial charge in [0, 0.05) is 6.54 Å². The molecule has 3 N–H and O–H groups in total. The van der Waals surface area contributed by atoms with Crippen LogP contribution in [0.15, 0.2) is 30.3 Å². The van der Waals surface area contributed by atoms with E-state index in [2.05, 4.69) is 42.6 Å². The van der Waals surface area contributed by atoms with Crippen LogP contribution in [0.2, 0.25) is 0 Å². The summed E-state index contributed by atoms with van der Waals surface area (Å²) >= 11 is 0. The van der Waals surface area contributed by atoms with Gasteiger partial charge in [-0.2, -0.15) is 8.42 Å². The lowest BCUT2D eigenvalue weighted by molar-refractivity contribution is 0.381. The first kappa shape index (κ1) is 16.1. The molecular formula is C11H19NO4S. The van der Waals surface area contributed by atoms with E-state index in [0.717, 1.165) is 13.1 Å². The highest BCUT2D eigenvalue weighted by atomic mass is 32.3. The van der Waals surface area contributed by atoms with Gasteiger partial charge < -0.3 is 5.32 Å². The summed E-state index contributed by atoms with van der Waals surface area (Å²) in [6, 6.07) is 10.5. The number of rotatable bonds is 5. The molecule has 17 heavy (non-hydrogen) atoms. The molecule has 0 bridgehead atoms. The Morgan fingerprint density at radius 3 is 2.18 bits per heavy atom. The molecule has 1 aromatic rings. The zero-order valence-electron chi connectivity index (χ0n) is 9.83. The van der Waals surface area contributed by atoms with Gasteiger partial charge in [0.05, 0.1) is 0 Å². The highest BCUT2D eigenvalue weighted by Gasteiger charge is 1.88. The molecular weight excluding hydrogens is 242 g/mol. The maximum atomic E-state index is 8.74. The molecule has 0 fully saturated rings. The van der Waals surface area contributed by atoms with E-state index in [1.807, 2.05) is 0 Å². The topological polar surface area (TPSA) is 86.6 Å². The van der Waals surface area contributed by atoms with Crippen molar-refractivity contribution in [2.45, 2.75) is 26.3 Å². The maximum Gasteiger partial charge on any atom is 0.394 e. The van der Waals surface area contributed by atoms with Crippen LogP contribution in [0.4, 0.5) is 0 Å². The standard InChI is InChI=1S/C11H17N.H2O4S/c1-2-3-9-12-10-11-7-5-4-6-8-11;1-5(2,3)4/h4-8,12H,2-3,9-10H2,1H3;(H2,1,2,3,4). The van der Waals surface area contributed by atoms with Crippen molar-refractivity contribution in [1.29, 1.82) is 0 Å². The van der Waals surface area contributed by atoms with Gasteiger partial charge in [-0.1, -0.05) is 43.7 Å². The number of benzene rings is 1. The fraction of sp³-hybridized carbons (Fsp3) is 0.455. The van der Waals surface area contributed by atoms with E-state index in [1.165, 1.54) is 18.4 Å². The van der Waals surface area contributed by atoms with Crippen molar-refractivity contribution >= 4 is 10.4 Å². The van der Waals surface area contributed by atoms with Gasteiger partial charge in [-0.05, 0) is 18.5 Å². The largest absolute Gasteiger partial charge is 0.394 e. The van der Waals surface area contributed by atoms with E-state index in [0.29, 0.717) is 0 Å². The maximum absolute atomic E-state index is 8.74. The van der Waals surface area contributed by atoms with Gasteiger partial charge in [-0.15, -0.1) is 0 Å². The van der Waals surface area contributed by atoms with Crippen molar-refractivity contribution in [2.75, 3.05) is 6.54 Å². The third kappa shape index (κ3) is 15.1. The highest BCUT2D eigenvalue weighted by molar-refractivity contribution is 7.79. The van der Waals surface area contributed by atoms with Crippen molar-refractivity contribution in [1.82, 2.24) is 5.32 Å². The second-order valence-corrected chi connectivity index (χ2v) is 4.36. The number of unbranched alkanes of at least 4 members (excludes halogenated alkanes) is 1. The summed E-state index contributed by atoms with van der Waals surface area (Å²) in [6.45, 7) is 4.34. The Morgan fingerprint density at radius 2 is 1.71 bits per heavy atom. The van der Waals surface area contributed by atoms with Gasteiger partial charge in [0.2, 0.25) is 0 Å². The van der Waals surface area contributed by atoms with Crippen LogP contribution in [0.1, 0.15) is 25.3 Å². The Labute approximate surface area is 102 Å². The first-order valence-electron chi connectivity index (χ1n) is 5.38. The molecule has 0 aliphatic rings. The van der Waals surface area contributed by atoms with Crippen LogP contribution >= 0.6 is 0 Å². The molecule has 0 radical (unpaired) electrons. The fourth-order valence-electron chi connectivity index (χ4n) is 1.13. The lowest BCUT2D eigenvalue weighted by atomic mass is 10.2. The summed E-state index contributed by atoms with van der Waals surface area (Å²) in [5, 5.41) is 3.40. The van der Waals surface area contributed by atoms with Gasteiger partial charge >= 0.3 is 10.4 Å². The lowest BCUT2D eigenvalue weighted by Crippen LogP contribution is -2.14. The summed E-state index contributed by atoms with van der Waals surface area (Å²) < 4.78 is 31.6. The molecule has 0 atom stereocenters. The molecule has 0 saturated heterocycles. The first-order chi connectivity index (χ1) is 7.93. The van der Waals surface area contributed by atoms with Crippen LogP contribution in [0.25, 0.3) is 0 Å². The quantitative estimate of drug-likeness (QED) is 0.557. The monoisotopic (exact) mass is 261 g/mol. The second kappa shape index (κ2) is 9.12. The molecule has 0 spiro atoms. The van der Waals surface area contributed by atoms with Crippen molar-refractivity contribution in [3.05, 3.63) is 35.9 Å². The first-order valence-corrected chi connectivity index (χ1v) is 6.77. The molecule has 6 heteroatoms. The Balaban J connectivity index is 0.000000437. The average Bonchev–Trinajstić information content (AvgIpc) is 2.24. The van der Waals surface area contributed by atoms with Crippen LogP contribution < -0.4 is 5.32 Å². The molecule has 5 nitrogen and oxygen atoms in total. The smallest absolute Gasteiger partial charge is 0.313 e.